The van der Waals surface area contributed by atoms with E-state index < -0.39 is 0 Å². The molecular weight excluding hydrogens is 274 g/mol. The van der Waals surface area contributed by atoms with E-state index in [9.17, 15) is 0 Å². The molecule has 2 aromatic carbocycles. The Bertz CT molecular complexity index is 1200. The molecule has 22 heavy (non-hydrogen) atoms. The molecule has 4 nitrogen and oxygen atoms in total. The van der Waals surface area contributed by atoms with Crippen molar-refractivity contribution in [1.29, 1.82) is 0 Å². The molecule has 4 heteroatoms. The number of hydrogen-bond donors (Lipinski definition) is 0. The zero-order valence-electron chi connectivity index (χ0n) is 12.4. The smallest absolute Gasteiger partial charge is 0.399 e. The van der Waals surface area contributed by atoms with Crippen LogP contribution in [0.1, 0.15) is 5.56 Å². The first-order valence-electron chi connectivity index (χ1n) is 7.32. The molecule has 0 aliphatic heterocycles. The summed E-state index contributed by atoms with van der Waals surface area (Å²) in [6.45, 7) is 2.15. The van der Waals surface area contributed by atoms with E-state index >= 15 is 0 Å². The minimum Gasteiger partial charge on any atom is -0.399 e. The normalized spacial score (nSPS) is 12.1. The van der Waals surface area contributed by atoms with Crippen LogP contribution in [0.3, 0.4) is 0 Å². The second-order valence-electron chi connectivity index (χ2n) is 5.73. The van der Waals surface area contributed by atoms with E-state index in [4.69, 9.17) is 4.42 Å². The summed E-state index contributed by atoms with van der Waals surface area (Å²) in [6, 6.07) is 14.5. The molecule has 3 heterocycles. The van der Waals surface area contributed by atoms with Gasteiger partial charge in [-0.15, -0.1) is 4.40 Å². The van der Waals surface area contributed by atoms with E-state index in [0.29, 0.717) is 5.84 Å². The van der Waals surface area contributed by atoms with Gasteiger partial charge in [0.2, 0.25) is 5.58 Å². The lowest BCUT2D eigenvalue weighted by Crippen LogP contribution is -2.29. The molecule has 0 fully saturated rings. The Morgan fingerprint density at radius 1 is 1.14 bits per heavy atom. The van der Waals surface area contributed by atoms with Crippen molar-refractivity contribution in [3.63, 3.8) is 0 Å². The van der Waals surface area contributed by atoms with Crippen LogP contribution in [-0.2, 0) is 7.05 Å². The molecule has 0 radical (unpaired) electrons. The van der Waals surface area contributed by atoms with Crippen LogP contribution in [0.25, 0.3) is 38.9 Å². The SMILES string of the molecule is Cc1c2ccccc2cc2nc3oc4ccc[n+](C)c4n3c12. The van der Waals surface area contributed by atoms with Gasteiger partial charge in [-0.2, -0.15) is 4.98 Å². The van der Waals surface area contributed by atoms with Crippen molar-refractivity contribution in [2.24, 2.45) is 7.05 Å². The number of oxazole rings is 1. The molecule has 3 aromatic heterocycles. The quantitative estimate of drug-likeness (QED) is 0.409. The third kappa shape index (κ3) is 1.32. The van der Waals surface area contributed by atoms with E-state index in [-0.39, 0.29) is 0 Å². The van der Waals surface area contributed by atoms with Gasteiger partial charge in [0.25, 0.3) is 0 Å². The van der Waals surface area contributed by atoms with Crippen LogP contribution in [0.2, 0.25) is 0 Å². The fraction of sp³-hybridized carbons (Fsp3) is 0.111. The molecule has 0 amide bonds. The minimum atomic E-state index is 0.644. The number of pyridine rings is 1. The van der Waals surface area contributed by atoms with E-state index in [1.165, 1.54) is 16.3 Å². The Morgan fingerprint density at radius 3 is 2.91 bits per heavy atom. The number of imidazole rings is 1. The van der Waals surface area contributed by atoms with Crippen LogP contribution in [0.15, 0.2) is 53.1 Å². The first-order valence-corrected chi connectivity index (χ1v) is 7.32. The van der Waals surface area contributed by atoms with Gasteiger partial charge in [0.1, 0.15) is 5.52 Å². The lowest BCUT2D eigenvalue weighted by Gasteiger charge is -2.01. The van der Waals surface area contributed by atoms with Crippen LogP contribution >= 0.6 is 0 Å². The van der Waals surface area contributed by atoms with Crippen molar-refractivity contribution in [1.82, 2.24) is 9.38 Å². The molecule has 0 saturated heterocycles. The molecule has 5 rings (SSSR count). The number of aryl methyl sites for hydroxylation is 2. The number of nitrogens with zero attached hydrogens (tertiary/aromatic N) is 3. The van der Waals surface area contributed by atoms with Crippen LogP contribution in [0.4, 0.5) is 0 Å². The van der Waals surface area contributed by atoms with Crippen molar-refractivity contribution < 1.29 is 8.98 Å². The average molecular weight is 288 g/mol. The highest BCUT2D eigenvalue weighted by Gasteiger charge is 2.24. The maximum Gasteiger partial charge on any atom is 0.402 e. The number of benzene rings is 2. The summed E-state index contributed by atoms with van der Waals surface area (Å²) in [5, 5.41) is 2.46. The predicted octanol–water partition coefficient (Wildman–Crippen LogP) is 3.52. The summed E-state index contributed by atoms with van der Waals surface area (Å²) in [6.07, 6.45) is 2.03. The van der Waals surface area contributed by atoms with Crippen molar-refractivity contribution in [2.75, 3.05) is 0 Å². The summed E-state index contributed by atoms with van der Waals surface area (Å²) < 4.78 is 10.1. The lowest BCUT2D eigenvalue weighted by molar-refractivity contribution is -0.647. The van der Waals surface area contributed by atoms with Gasteiger partial charge in [0.05, 0.1) is 13.2 Å². The number of hydrogen-bond acceptors (Lipinski definition) is 2. The van der Waals surface area contributed by atoms with Gasteiger partial charge in [-0.3, -0.25) is 0 Å². The molecule has 0 N–H and O–H groups in total. The van der Waals surface area contributed by atoms with Gasteiger partial charge in [-0.25, -0.2) is 4.57 Å². The van der Waals surface area contributed by atoms with E-state index in [2.05, 4.69) is 51.2 Å². The van der Waals surface area contributed by atoms with E-state index in [1.807, 2.05) is 25.4 Å². The Morgan fingerprint density at radius 2 is 2.00 bits per heavy atom. The predicted molar refractivity (Wildman–Crippen MR) is 85.9 cm³/mol. The highest BCUT2D eigenvalue weighted by molar-refractivity contribution is 6.01. The molecule has 0 aliphatic rings. The van der Waals surface area contributed by atoms with Crippen molar-refractivity contribution in [3.8, 4) is 0 Å². The largest absolute Gasteiger partial charge is 0.402 e. The molecule has 0 spiro atoms. The topological polar surface area (TPSA) is 34.3 Å². The Hall–Kier alpha value is -2.88. The highest BCUT2D eigenvalue weighted by Crippen LogP contribution is 2.31. The standard InChI is InChI=1S/C18H14N3O/c1-11-13-7-4-3-6-12(13)10-14-16(11)21-17-15(22-18(21)19-14)8-5-9-20(17)2/h3-10H,1-2H3/q+1. The number of aromatic nitrogens is 3. The monoisotopic (exact) mass is 288 g/mol. The van der Waals surface area contributed by atoms with Gasteiger partial charge in [0.15, 0.2) is 5.52 Å². The van der Waals surface area contributed by atoms with Gasteiger partial charge < -0.3 is 4.42 Å². The minimum absolute atomic E-state index is 0.644. The summed E-state index contributed by atoms with van der Waals surface area (Å²) in [7, 11) is 2.03. The molecule has 0 aliphatic carbocycles. The third-order valence-corrected chi connectivity index (χ3v) is 4.41. The number of rotatable bonds is 0. The fourth-order valence-corrected chi connectivity index (χ4v) is 3.41. The summed E-state index contributed by atoms with van der Waals surface area (Å²) in [5.74, 6) is 0.644. The zero-order valence-corrected chi connectivity index (χ0v) is 12.4. The van der Waals surface area contributed by atoms with Crippen LogP contribution in [0.5, 0.6) is 0 Å². The highest BCUT2D eigenvalue weighted by atomic mass is 16.4. The Balaban J connectivity index is 2.13. The van der Waals surface area contributed by atoms with E-state index in [1.54, 1.807) is 0 Å². The molecule has 0 atom stereocenters. The molecular formula is C18H14N3O+. The summed E-state index contributed by atoms with van der Waals surface area (Å²) in [5.41, 5.74) is 5.20. The first kappa shape index (κ1) is 11.7. The molecule has 0 bridgehead atoms. The number of fused-ring (bicyclic) bond motifs is 6. The van der Waals surface area contributed by atoms with Crippen molar-refractivity contribution in [3.05, 3.63) is 54.2 Å². The maximum atomic E-state index is 5.93. The van der Waals surface area contributed by atoms with Gasteiger partial charge in [-0.1, -0.05) is 24.3 Å². The molecule has 106 valence electrons. The zero-order chi connectivity index (χ0) is 14.8. The first-order chi connectivity index (χ1) is 10.7. The van der Waals surface area contributed by atoms with Crippen molar-refractivity contribution >= 4 is 38.9 Å². The average Bonchev–Trinajstić information content (AvgIpc) is 3.03. The van der Waals surface area contributed by atoms with Gasteiger partial charge in [0, 0.05) is 5.56 Å². The third-order valence-electron chi connectivity index (χ3n) is 4.41. The summed E-state index contributed by atoms with van der Waals surface area (Å²) in [4.78, 5) is 4.69. The maximum absolute atomic E-state index is 5.93. The van der Waals surface area contributed by atoms with Crippen molar-refractivity contribution in [2.45, 2.75) is 6.92 Å². The van der Waals surface area contributed by atoms with E-state index in [0.717, 1.165) is 22.3 Å². The van der Waals surface area contributed by atoms with Gasteiger partial charge >= 0.3 is 11.5 Å². The van der Waals surface area contributed by atoms with Crippen LogP contribution < -0.4 is 4.57 Å². The second-order valence-corrected chi connectivity index (χ2v) is 5.73. The second kappa shape index (κ2) is 3.85. The van der Waals surface area contributed by atoms with Gasteiger partial charge in [-0.05, 0) is 35.9 Å². The summed E-state index contributed by atoms with van der Waals surface area (Å²) >= 11 is 0. The Kier molecular flexibility index (Phi) is 2.06. The lowest BCUT2D eigenvalue weighted by atomic mass is 10.0. The fourth-order valence-electron chi connectivity index (χ4n) is 3.41. The molecule has 0 saturated carbocycles. The Labute approximate surface area is 126 Å². The van der Waals surface area contributed by atoms with Crippen LogP contribution in [-0.4, -0.2) is 9.38 Å². The molecule has 0 unspecified atom stereocenters. The molecule has 5 aromatic rings. The van der Waals surface area contributed by atoms with Crippen LogP contribution in [0, 0.1) is 6.92 Å².